The van der Waals surface area contributed by atoms with Gasteiger partial charge in [0, 0.05) is 35.1 Å². The number of nitrogens with zero attached hydrogens (tertiary/aromatic N) is 1. The van der Waals surface area contributed by atoms with Crippen molar-refractivity contribution in [2.75, 3.05) is 23.7 Å². The minimum Gasteiger partial charge on any atom is -0.371 e. The van der Waals surface area contributed by atoms with E-state index >= 15 is 0 Å². The molecule has 0 radical (unpaired) electrons. The largest absolute Gasteiger partial charge is 0.371 e. The molecule has 5 heteroatoms. The number of nitrogens with one attached hydrogen (secondary N) is 1. The number of anilines is 1. The summed E-state index contributed by atoms with van der Waals surface area (Å²) in [6.45, 7) is 6.66. The number of piperidine rings is 1. The van der Waals surface area contributed by atoms with Gasteiger partial charge in [-0.1, -0.05) is 30.7 Å². The Morgan fingerprint density at radius 2 is 1.93 bits per heavy atom. The molecular weight excluding hydrogens is 400 g/mol. The summed E-state index contributed by atoms with van der Waals surface area (Å²) in [5.74, 6) is 1.80. The van der Waals surface area contributed by atoms with E-state index in [0.29, 0.717) is 6.42 Å². The van der Waals surface area contributed by atoms with E-state index in [2.05, 4.69) is 48.3 Å². The summed E-state index contributed by atoms with van der Waals surface area (Å²) in [5.41, 5.74) is 2.45. The van der Waals surface area contributed by atoms with Gasteiger partial charge in [0.25, 0.3) is 0 Å². The Morgan fingerprint density at radius 1 is 1.21 bits per heavy atom. The lowest BCUT2D eigenvalue weighted by Crippen LogP contribution is -2.34. The Hall–Kier alpha value is -1.65. The predicted octanol–water partition coefficient (Wildman–Crippen LogP) is 6.33. The molecule has 1 amide bonds. The predicted molar refractivity (Wildman–Crippen MR) is 125 cm³/mol. The molecule has 2 aromatic carbocycles. The molecule has 2 atom stereocenters. The molecule has 1 aliphatic rings. The highest BCUT2D eigenvalue weighted by Gasteiger charge is 2.17. The van der Waals surface area contributed by atoms with Crippen molar-refractivity contribution in [2.45, 2.75) is 50.5 Å². The Labute approximate surface area is 184 Å². The molecule has 0 aliphatic carbocycles. The van der Waals surface area contributed by atoms with Gasteiger partial charge in [0.1, 0.15) is 0 Å². The summed E-state index contributed by atoms with van der Waals surface area (Å²) < 4.78 is 0. The van der Waals surface area contributed by atoms with Crippen LogP contribution < -0.4 is 10.2 Å². The summed E-state index contributed by atoms with van der Waals surface area (Å²) in [6, 6.07) is 16.5. The van der Waals surface area contributed by atoms with E-state index in [1.165, 1.54) is 23.4 Å². The minimum atomic E-state index is 0.0285. The van der Waals surface area contributed by atoms with Gasteiger partial charge >= 0.3 is 0 Å². The number of thioether (sulfide) groups is 1. The van der Waals surface area contributed by atoms with Crippen molar-refractivity contribution in [3.63, 3.8) is 0 Å². The van der Waals surface area contributed by atoms with Crippen molar-refractivity contribution in [1.82, 2.24) is 5.32 Å². The average molecular weight is 431 g/mol. The lowest BCUT2D eigenvalue weighted by Gasteiger charge is -2.33. The molecule has 156 valence electrons. The van der Waals surface area contributed by atoms with Crippen molar-refractivity contribution in [3.05, 3.63) is 59.1 Å². The first kappa shape index (κ1) is 22.0. The fourth-order valence-electron chi connectivity index (χ4n) is 3.75. The van der Waals surface area contributed by atoms with E-state index in [0.717, 1.165) is 41.8 Å². The molecule has 0 saturated carbocycles. The van der Waals surface area contributed by atoms with Crippen molar-refractivity contribution in [2.24, 2.45) is 5.92 Å². The zero-order chi connectivity index (χ0) is 20.6. The smallest absolute Gasteiger partial charge is 0.220 e. The van der Waals surface area contributed by atoms with Crippen LogP contribution in [-0.2, 0) is 4.79 Å². The van der Waals surface area contributed by atoms with Crippen LogP contribution in [0.1, 0.15) is 51.1 Å². The van der Waals surface area contributed by atoms with Gasteiger partial charge in [-0.15, -0.1) is 11.8 Å². The molecule has 1 heterocycles. The van der Waals surface area contributed by atoms with Gasteiger partial charge in [0.15, 0.2) is 0 Å². The van der Waals surface area contributed by atoms with Crippen LogP contribution in [0.25, 0.3) is 0 Å². The van der Waals surface area contributed by atoms with Gasteiger partial charge in [-0.3, -0.25) is 4.79 Å². The van der Waals surface area contributed by atoms with Gasteiger partial charge in [-0.2, -0.15) is 0 Å². The highest BCUT2D eigenvalue weighted by Crippen LogP contribution is 2.25. The molecule has 1 fully saturated rings. The van der Waals surface area contributed by atoms with Crippen molar-refractivity contribution in [1.29, 1.82) is 0 Å². The fourth-order valence-corrected chi connectivity index (χ4v) is 4.73. The maximum Gasteiger partial charge on any atom is 0.220 e. The maximum absolute atomic E-state index is 12.3. The number of benzene rings is 2. The van der Waals surface area contributed by atoms with Gasteiger partial charge in [-0.05, 0) is 79.8 Å². The molecule has 29 heavy (non-hydrogen) atoms. The van der Waals surface area contributed by atoms with E-state index in [1.807, 2.05) is 24.3 Å². The number of rotatable bonds is 8. The molecule has 1 aliphatic heterocycles. The van der Waals surface area contributed by atoms with Crippen LogP contribution in [0.3, 0.4) is 0 Å². The normalized spacial score (nSPS) is 17.8. The summed E-state index contributed by atoms with van der Waals surface area (Å²) in [6.07, 6.45) is 4.01. The van der Waals surface area contributed by atoms with Crippen LogP contribution >= 0.6 is 23.4 Å². The highest BCUT2D eigenvalue weighted by atomic mass is 35.5. The lowest BCUT2D eigenvalue weighted by atomic mass is 9.99. The second-order valence-corrected chi connectivity index (χ2v) is 9.58. The van der Waals surface area contributed by atoms with Crippen molar-refractivity contribution in [3.8, 4) is 0 Å². The van der Waals surface area contributed by atoms with Gasteiger partial charge < -0.3 is 10.2 Å². The molecular formula is C24H31ClN2OS. The zero-order valence-corrected chi connectivity index (χ0v) is 18.9. The molecule has 3 rings (SSSR count). The first-order valence-electron chi connectivity index (χ1n) is 10.5. The van der Waals surface area contributed by atoms with Gasteiger partial charge in [0.2, 0.25) is 5.91 Å². The van der Waals surface area contributed by atoms with Crippen molar-refractivity contribution < 1.29 is 4.79 Å². The van der Waals surface area contributed by atoms with E-state index in [4.69, 9.17) is 11.6 Å². The van der Waals surface area contributed by atoms with Gasteiger partial charge in [-0.25, -0.2) is 0 Å². The van der Waals surface area contributed by atoms with Crippen molar-refractivity contribution >= 4 is 35.0 Å². The first-order valence-corrected chi connectivity index (χ1v) is 11.9. The van der Waals surface area contributed by atoms with Crippen LogP contribution in [0.15, 0.2) is 53.4 Å². The summed E-state index contributed by atoms with van der Waals surface area (Å²) in [5, 5.41) is 3.88. The topological polar surface area (TPSA) is 32.3 Å². The maximum atomic E-state index is 12.3. The number of carbonyl (C=O) groups is 1. The zero-order valence-electron chi connectivity index (χ0n) is 17.4. The number of hydrogen-bond acceptors (Lipinski definition) is 3. The van der Waals surface area contributed by atoms with E-state index < -0.39 is 0 Å². The Morgan fingerprint density at radius 3 is 2.62 bits per heavy atom. The van der Waals surface area contributed by atoms with Crippen LogP contribution in [0.4, 0.5) is 5.69 Å². The highest BCUT2D eigenvalue weighted by molar-refractivity contribution is 7.99. The summed E-state index contributed by atoms with van der Waals surface area (Å²) in [7, 11) is 0. The number of carbonyl (C=O) groups excluding carboxylic acids is 1. The standard InChI is InChI=1S/C24H31ClN2OS/c1-18-5-3-15-27(17-18)22-11-7-20(8-12-22)19(2)26-24(28)6-4-16-29-23-13-9-21(25)10-14-23/h7-14,18-19H,3-6,15-17H2,1-2H3,(H,26,28). The molecule has 2 unspecified atom stereocenters. The van der Waals surface area contributed by atoms with E-state index in [-0.39, 0.29) is 11.9 Å². The van der Waals surface area contributed by atoms with E-state index in [9.17, 15) is 4.79 Å². The van der Waals surface area contributed by atoms with Crippen LogP contribution in [0.2, 0.25) is 5.02 Å². The lowest BCUT2D eigenvalue weighted by molar-refractivity contribution is -0.121. The third-order valence-corrected chi connectivity index (χ3v) is 6.77. The Bertz CT molecular complexity index is 778. The SMILES string of the molecule is CC1CCCN(c2ccc(C(C)NC(=O)CCCSc3ccc(Cl)cc3)cc2)C1. The molecule has 0 bridgehead atoms. The Kier molecular flexibility index (Phi) is 8.31. The second-order valence-electron chi connectivity index (χ2n) is 7.98. The molecule has 3 nitrogen and oxygen atoms in total. The van der Waals surface area contributed by atoms with Crippen LogP contribution in [-0.4, -0.2) is 24.7 Å². The quantitative estimate of drug-likeness (QED) is 0.392. The fraction of sp³-hybridized carbons (Fsp3) is 0.458. The summed E-state index contributed by atoms with van der Waals surface area (Å²) >= 11 is 7.66. The summed E-state index contributed by atoms with van der Waals surface area (Å²) in [4.78, 5) is 15.9. The number of hydrogen-bond donors (Lipinski definition) is 1. The third-order valence-electron chi connectivity index (χ3n) is 5.42. The monoisotopic (exact) mass is 430 g/mol. The number of amides is 1. The molecule has 0 aromatic heterocycles. The number of halogens is 1. The average Bonchev–Trinajstić information content (AvgIpc) is 2.72. The molecule has 2 aromatic rings. The minimum absolute atomic E-state index is 0.0285. The first-order chi connectivity index (χ1) is 14.0. The molecule has 0 spiro atoms. The second kappa shape index (κ2) is 10.9. The molecule has 1 saturated heterocycles. The Balaban J connectivity index is 1.40. The molecule has 1 N–H and O–H groups in total. The van der Waals surface area contributed by atoms with E-state index in [1.54, 1.807) is 11.8 Å². The third kappa shape index (κ3) is 6.97. The van der Waals surface area contributed by atoms with Gasteiger partial charge in [0.05, 0.1) is 6.04 Å². The van der Waals surface area contributed by atoms with Crippen LogP contribution in [0, 0.1) is 5.92 Å². The van der Waals surface area contributed by atoms with Crippen LogP contribution in [0.5, 0.6) is 0 Å².